The van der Waals surface area contributed by atoms with E-state index >= 15 is 0 Å². The van der Waals surface area contributed by atoms with Gasteiger partial charge in [-0.2, -0.15) is 4.98 Å². The molecule has 0 aliphatic carbocycles. The maximum atomic E-state index is 5.68. The fourth-order valence-electron chi connectivity index (χ4n) is 1.88. The molecule has 0 atom stereocenters. The minimum Gasteiger partial charge on any atom is -0.484 e. The van der Waals surface area contributed by atoms with Crippen LogP contribution in [0.25, 0.3) is 11.5 Å². The third-order valence-electron chi connectivity index (χ3n) is 2.91. The zero-order valence-corrected chi connectivity index (χ0v) is 11.5. The van der Waals surface area contributed by atoms with Crippen molar-refractivity contribution in [2.45, 2.75) is 13.5 Å². The Morgan fingerprint density at radius 2 is 2.14 bits per heavy atom. The average Bonchev–Trinajstić information content (AvgIpc) is 2.94. The summed E-state index contributed by atoms with van der Waals surface area (Å²) in [7, 11) is 0. The molecule has 0 bridgehead atoms. The number of hydrogen-bond donors (Lipinski definition) is 1. The minimum absolute atomic E-state index is 0.183. The molecule has 3 rings (SSSR count). The highest BCUT2D eigenvalue weighted by atomic mass is 16.5. The predicted molar refractivity (Wildman–Crippen MR) is 77.5 cm³/mol. The number of ether oxygens (including phenoxy) is 1. The summed E-state index contributed by atoms with van der Waals surface area (Å²) in [5.74, 6) is 1.50. The quantitative estimate of drug-likeness (QED) is 0.740. The van der Waals surface area contributed by atoms with Crippen molar-refractivity contribution in [2.75, 3.05) is 5.73 Å². The van der Waals surface area contributed by atoms with Crippen LogP contribution in [-0.2, 0) is 6.61 Å². The van der Waals surface area contributed by atoms with Crippen LogP contribution in [-0.4, -0.2) is 15.1 Å². The minimum atomic E-state index is 0.183. The fourth-order valence-corrected chi connectivity index (χ4v) is 1.88. The lowest BCUT2D eigenvalue weighted by Gasteiger charge is -2.03. The highest BCUT2D eigenvalue weighted by Gasteiger charge is 2.12. The summed E-state index contributed by atoms with van der Waals surface area (Å²) >= 11 is 0. The monoisotopic (exact) mass is 282 g/mol. The molecule has 0 aliphatic rings. The zero-order chi connectivity index (χ0) is 14.7. The molecule has 0 unspecified atom stereocenters. The first-order valence-electron chi connectivity index (χ1n) is 6.45. The van der Waals surface area contributed by atoms with Crippen molar-refractivity contribution in [2.24, 2.45) is 0 Å². The Morgan fingerprint density at radius 3 is 2.95 bits per heavy atom. The van der Waals surface area contributed by atoms with E-state index in [1.807, 2.05) is 31.2 Å². The van der Waals surface area contributed by atoms with E-state index in [0.29, 0.717) is 28.8 Å². The average molecular weight is 282 g/mol. The van der Waals surface area contributed by atoms with E-state index in [2.05, 4.69) is 15.1 Å². The molecule has 0 aliphatic heterocycles. The number of benzene rings is 1. The fraction of sp³-hybridized carbons (Fsp3) is 0.133. The van der Waals surface area contributed by atoms with Crippen molar-refractivity contribution in [3.05, 3.63) is 54.0 Å². The zero-order valence-electron chi connectivity index (χ0n) is 11.5. The number of nitrogens with zero attached hydrogens (tertiary/aromatic N) is 3. The number of nitrogens with two attached hydrogens (primary N) is 1. The van der Waals surface area contributed by atoms with E-state index in [0.717, 1.165) is 5.56 Å². The number of anilines is 1. The van der Waals surface area contributed by atoms with Gasteiger partial charge in [0, 0.05) is 18.0 Å². The molecule has 0 amide bonds. The predicted octanol–water partition coefficient (Wildman–Crippen LogP) is 2.60. The van der Waals surface area contributed by atoms with Crippen molar-refractivity contribution in [1.82, 2.24) is 15.1 Å². The molecule has 0 spiro atoms. The third kappa shape index (κ3) is 3.00. The molecule has 0 saturated heterocycles. The van der Waals surface area contributed by atoms with Crippen molar-refractivity contribution in [3.63, 3.8) is 0 Å². The number of pyridine rings is 1. The van der Waals surface area contributed by atoms with Gasteiger partial charge in [-0.3, -0.25) is 4.98 Å². The highest BCUT2D eigenvalue weighted by molar-refractivity contribution is 5.53. The first-order chi connectivity index (χ1) is 10.2. The Bertz CT molecular complexity index is 755. The van der Waals surface area contributed by atoms with Crippen LogP contribution in [0.2, 0.25) is 0 Å². The largest absolute Gasteiger partial charge is 0.484 e. The van der Waals surface area contributed by atoms with Crippen LogP contribution in [0.1, 0.15) is 11.5 Å². The van der Waals surface area contributed by atoms with Gasteiger partial charge in [0.1, 0.15) is 11.4 Å². The SMILES string of the molecule is Cc1cccnc1-c1noc(COc2cccc(N)c2)n1. The number of aromatic nitrogens is 3. The lowest BCUT2D eigenvalue weighted by molar-refractivity contribution is 0.243. The second-order valence-corrected chi connectivity index (χ2v) is 4.54. The highest BCUT2D eigenvalue weighted by Crippen LogP contribution is 2.19. The van der Waals surface area contributed by atoms with Crippen LogP contribution in [0.5, 0.6) is 5.75 Å². The number of hydrogen-bond acceptors (Lipinski definition) is 6. The van der Waals surface area contributed by atoms with Crippen LogP contribution in [0, 0.1) is 6.92 Å². The van der Waals surface area contributed by atoms with Gasteiger partial charge in [0.25, 0.3) is 5.89 Å². The van der Waals surface area contributed by atoms with Gasteiger partial charge in [-0.15, -0.1) is 0 Å². The van der Waals surface area contributed by atoms with E-state index < -0.39 is 0 Å². The van der Waals surface area contributed by atoms with Crippen LogP contribution < -0.4 is 10.5 Å². The number of rotatable bonds is 4. The van der Waals surface area contributed by atoms with Crippen molar-refractivity contribution in [3.8, 4) is 17.3 Å². The molecule has 2 N–H and O–H groups in total. The van der Waals surface area contributed by atoms with Gasteiger partial charge in [-0.05, 0) is 30.7 Å². The molecule has 3 aromatic rings. The molecule has 2 heterocycles. The van der Waals surface area contributed by atoms with Crippen LogP contribution in [0.15, 0.2) is 47.1 Å². The van der Waals surface area contributed by atoms with E-state index in [1.165, 1.54) is 0 Å². The Morgan fingerprint density at radius 1 is 1.24 bits per heavy atom. The summed E-state index contributed by atoms with van der Waals surface area (Å²) in [6.07, 6.45) is 1.70. The summed E-state index contributed by atoms with van der Waals surface area (Å²) in [6, 6.07) is 11.0. The molecule has 0 fully saturated rings. The molecular weight excluding hydrogens is 268 g/mol. The Labute approximate surface area is 121 Å². The molecule has 1 aromatic carbocycles. The number of nitrogen functional groups attached to an aromatic ring is 1. The Balaban J connectivity index is 1.72. The summed E-state index contributed by atoms with van der Waals surface area (Å²) in [4.78, 5) is 8.53. The molecule has 21 heavy (non-hydrogen) atoms. The lowest BCUT2D eigenvalue weighted by Crippen LogP contribution is -1.97. The maximum Gasteiger partial charge on any atom is 0.264 e. The van der Waals surface area contributed by atoms with Crippen LogP contribution >= 0.6 is 0 Å². The Hall–Kier alpha value is -2.89. The van der Waals surface area contributed by atoms with Crippen LogP contribution in [0.4, 0.5) is 5.69 Å². The van der Waals surface area contributed by atoms with E-state index in [1.54, 1.807) is 18.3 Å². The van der Waals surface area contributed by atoms with Crippen molar-refractivity contribution >= 4 is 5.69 Å². The molecular formula is C15H14N4O2. The second-order valence-electron chi connectivity index (χ2n) is 4.54. The molecule has 0 saturated carbocycles. The van der Waals surface area contributed by atoms with Gasteiger partial charge in [0.2, 0.25) is 5.82 Å². The topological polar surface area (TPSA) is 87.1 Å². The standard InChI is InChI=1S/C15H14N4O2/c1-10-4-3-7-17-14(10)15-18-13(21-19-15)9-20-12-6-2-5-11(16)8-12/h2-8H,9,16H2,1H3. The smallest absolute Gasteiger partial charge is 0.264 e. The van der Waals surface area contributed by atoms with E-state index in [4.69, 9.17) is 15.0 Å². The molecule has 0 radical (unpaired) electrons. The normalized spacial score (nSPS) is 10.5. The molecule has 2 aromatic heterocycles. The molecule has 6 heteroatoms. The molecule has 6 nitrogen and oxygen atoms in total. The summed E-state index contributed by atoms with van der Waals surface area (Å²) < 4.78 is 10.7. The molecule has 106 valence electrons. The van der Waals surface area contributed by atoms with Gasteiger partial charge in [-0.1, -0.05) is 17.3 Å². The van der Waals surface area contributed by atoms with Gasteiger partial charge in [0.15, 0.2) is 6.61 Å². The third-order valence-corrected chi connectivity index (χ3v) is 2.91. The van der Waals surface area contributed by atoms with Crippen molar-refractivity contribution < 1.29 is 9.26 Å². The summed E-state index contributed by atoms with van der Waals surface area (Å²) in [5.41, 5.74) is 8.02. The van der Waals surface area contributed by atoms with Gasteiger partial charge >= 0.3 is 0 Å². The lowest BCUT2D eigenvalue weighted by atomic mass is 10.2. The van der Waals surface area contributed by atoms with E-state index in [9.17, 15) is 0 Å². The van der Waals surface area contributed by atoms with Gasteiger partial charge < -0.3 is 15.0 Å². The second kappa shape index (κ2) is 5.62. The first kappa shape index (κ1) is 13.1. The van der Waals surface area contributed by atoms with Gasteiger partial charge in [0.05, 0.1) is 0 Å². The van der Waals surface area contributed by atoms with Gasteiger partial charge in [-0.25, -0.2) is 0 Å². The summed E-state index contributed by atoms with van der Waals surface area (Å²) in [5, 5.41) is 3.92. The number of aryl methyl sites for hydroxylation is 1. The summed E-state index contributed by atoms with van der Waals surface area (Å²) in [6.45, 7) is 2.13. The van der Waals surface area contributed by atoms with E-state index in [-0.39, 0.29) is 6.61 Å². The maximum absolute atomic E-state index is 5.68. The first-order valence-corrected chi connectivity index (χ1v) is 6.45. The van der Waals surface area contributed by atoms with Crippen molar-refractivity contribution in [1.29, 1.82) is 0 Å². The Kier molecular flexibility index (Phi) is 3.51. The van der Waals surface area contributed by atoms with Crippen LogP contribution in [0.3, 0.4) is 0 Å².